The summed E-state index contributed by atoms with van der Waals surface area (Å²) in [5.41, 5.74) is -0.390. The lowest BCUT2D eigenvalue weighted by atomic mass is 10.1. The van der Waals surface area contributed by atoms with Gasteiger partial charge in [-0.15, -0.1) is 0 Å². The van der Waals surface area contributed by atoms with Gasteiger partial charge in [-0.2, -0.15) is 0 Å². The molecule has 0 bridgehead atoms. The zero-order valence-electron chi connectivity index (χ0n) is 13.5. The van der Waals surface area contributed by atoms with Crippen LogP contribution in [0.4, 0.5) is 10.5 Å². The molecule has 1 aliphatic rings. The maximum atomic E-state index is 12.3. The van der Waals surface area contributed by atoms with Crippen LogP contribution in [0, 0.1) is 0 Å². The normalized spacial score (nSPS) is 15.4. The molecule has 1 saturated heterocycles. The summed E-state index contributed by atoms with van der Waals surface area (Å²) in [4.78, 5) is 48.6. The minimum atomic E-state index is -1.35. The van der Waals surface area contributed by atoms with Crippen LogP contribution in [0.3, 0.4) is 0 Å². The Morgan fingerprint density at radius 3 is 2.70 bits per heavy atom. The molecular weight excluding hydrogens is 376 g/mol. The van der Waals surface area contributed by atoms with Crippen molar-refractivity contribution < 1.29 is 33.8 Å². The number of carbonyl (C=O) groups excluding carboxylic acids is 3. The number of phenolic OH excluding ortho intramolecular Hbond substituents is 1. The van der Waals surface area contributed by atoms with Crippen molar-refractivity contribution in [1.29, 1.82) is 0 Å². The Kier molecular flexibility index (Phi) is 4.99. The zero-order valence-corrected chi connectivity index (χ0v) is 14.4. The lowest BCUT2D eigenvalue weighted by molar-refractivity contribution is -0.127. The lowest BCUT2D eigenvalue weighted by Gasteiger charge is -2.13. The van der Waals surface area contributed by atoms with Gasteiger partial charge < -0.3 is 19.9 Å². The minimum absolute atomic E-state index is 0.0663. The number of carboxylic acids is 1. The molecule has 2 aromatic rings. The fourth-order valence-corrected chi connectivity index (χ4v) is 3.11. The van der Waals surface area contributed by atoms with Gasteiger partial charge in [0.25, 0.3) is 11.1 Å². The molecule has 10 heteroatoms. The fraction of sp³-hybridized carbons (Fsp3) is 0.0588. The van der Waals surface area contributed by atoms with Gasteiger partial charge in [0.15, 0.2) is 0 Å². The van der Waals surface area contributed by atoms with E-state index >= 15 is 0 Å². The quantitative estimate of drug-likeness (QED) is 0.524. The number of nitrogens with one attached hydrogen (secondary N) is 1. The monoisotopic (exact) mass is 388 g/mol. The number of aromatic carboxylic acids is 1. The van der Waals surface area contributed by atoms with Crippen molar-refractivity contribution in [2.45, 2.75) is 0 Å². The van der Waals surface area contributed by atoms with E-state index < -0.39 is 29.6 Å². The number of rotatable bonds is 5. The summed E-state index contributed by atoms with van der Waals surface area (Å²) in [6.45, 7) is -0.583. The van der Waals surface area contributed by atoms with Crippen LogP contribution in [0.5, 0.6) is 5.75 Å². The summed E-state index contributed by atoms with van der Waals surface area (Å²) in [5.74, 6) is -2.65. The average Bonchev–Trinajstić information content (AvgIpc) is 3.21. The van der Waals surface area contributed by atoms with Crippen molar-refractivity contribution in [2.24, 2.45) is 0 Å². The van der Waals surface area contributed by atoms with Crippen LogP contribution in [-0.4, -0.2) is 44.7 Å². The highest BCUT2D eigenvalue weighted by atomic mass is 32.2. The third-order valence-corrected chi connectivity index (χ3v) is 4.41. The van der Waals surface area contributed by atoms with E-state index in [0.717, 1.165) is 11.0 Å². The van der Waals surface area contributed by atoms with E-state index in [2.05, 4.69) is 5.32 Å². The first-order valence-corrected chi connectivity index (χ1v) is 8.32. The van der Waals surface area contributed by atoms with Crippen molar-refractivity contribution in [2.75, 3.05) is 11.9 Å². The molecule has 9 nitrogen and oxygen atoms in total. The van der Waals surface area contributed by atoms with E-state index in [1.807, 2.05) is 0 Å². The first kappa shape index (κ1) is 18.3. The van der Waals surface area contributed by atoms with Crippen molar-refractivity contribution >= 4 is 46.5 Å². The summed E-state index contributed by atoms with van der Waals surface area (Å²) in [5, 5.41) is 20.2. The maximum absolute atomic E-state index is 12.3. The smallest absolute Gasteiger partial charge is 0.337 e. The van der Waals surface area contributed by atoms with Crippen LogP contribution < -0.4 is 5.32 Å². The number of hydrogen-bond donors (Lipinski definition) is 3. The topological polar surface area (TPSA) is 137 Å². The third-order valence-electron chi connectivity index (χ3n) is 3.50. The van der Waals surface area contributed by atoms with Crippen molar-refractivity contribution in [3.63, 3.8) is 0 Å². The molecule has 0 saturated carbocycles. The molecule has 0 spiro atoms. The second-order valence-electron chi connectivity index (χ2n) is 5.37. The molecule has 3 rings (SSSR count). The standard InChI is InChI=1S/C17H12N2O7S/c20-9-3-4-12(11(6-9)16(23)24)18-14(21)8-19-15(22)13(27-17(19)25)7-10-2-1-5-26-10/h1-7,20H,8H2,(H,18,21)(H,23,24)/b13-7+. The van der Waals surface area contributed by atoms with Gasteiger partial charge in [-0.1, -0.05) is 0 Å². The Balaban J connectivity index is 1.72. The molecular formula is C17H12N2O7S. The SMILES string of the molecule is O=C(CN1C(=O)S/C(=C/c2ccco2)C1=O)Nc1ccc(O)cc1C(=O)O. The van der Waals surface area contributed by atoms with E-state index in [1.165, 1.54) is 24.5 Å². The van der Waals surface area contributed by atoms with Gasteiger partial charge in [0.2, 0.25) is 5.91 Å². The predicted octanol–water partition coefficient (Wildman–Crippen LogP) is 2.36. The number of anilines is 1. The molecule has 138 valence electrons. The number of amides is 3. The summed E-state index contributed by atoms with van der Waals surface area (Å²) in [6.07, 6.45) is 2.81. The number of aromatic hydroxyl groups is 1. The average molecular weight is 388 g/mol. The zero-order chi connectivity index (χ0) is 19.6. The number of nitrogens with zero attached hydrogens (tertiary/aromatic N) is 1. The van der Waals surface area contributed by atoms with Crippen LogP contribution in [0.2, 0.25) is 0 Å². The molecule has 0 unspecified atom stereocenters. The van der Waals surface area contributed by atoms with Crippen molar-refractivity contribution in [3.05, 3.63) is 52.8 Å². The molecule has 1 fully saturated rings. The summed E-state index contributed by atoms with van der Waals surface area (Å²) < 4.78 is 5.09. The fourth-order valence-electron chi connectivity index (χ4n) is 2.29. The van der Waals surface area contributed by atoms with Gasteiger partial charge in [0, 0.05) is 6.08 Å². The molecule has 3 amide bonds. The van der Waals surface area contributed by atoms with Gasteiger partial charge >= 0.3 is 5.97 Å². The third kappa shape index (κ3) is 4.01. The van der Waals surface area contributed by atoms with Crippen LogP contribution in [0.25, 0.3) is 6.08 Å². The molecule has 2 heterocycles. The van der Waals surface area contributed by atoms with Gasteiger partial charge in [-0.05, 0) is 42.1 Å². The minimum Gasteiger partial charge on any atom is -0.508 e. The highest BCUT2D eigenvalue weighted by Gasteiger charge is 2.36. The van der Waals surface area contributed by atoms with E-state index in [-0.39, 0.29) is 21.9 Å². The Morgan fingerprint density at radius 1 is 1.26 bits per heavy atom. The van der Waals surface area contributed by atoms with Crippen molar-refractivity contribution in [1.82, 2.24) is 4.90 Å². The second-order valence-corrected chi connectivity index (χ2v) is 6.36. The number of carbonyl (C=O) groups is 4. The Bertz CT molecular complexity index is 966. The molecule has 1 aromatic heterocycles. The predicted molar refractivity (Wildman–Crippen MR) is 95.1 cm³/mol. The molecule has 0 radical (unpaired) electrons. The van der Waals surface area contributed by atoms with Gasteiger partial charge in [-0.3, -0.25) is 19.3 Å². The highest BCUT2D eigenvalue weighted by Crippen LogP contribution is 2.32. The highest BCUT2D eigenvalue weighted by molar-refractivity contribution is 8.18. The second kappa shape index (κ2) is 7.38. The first-order chi connectivity index (χ1) is 12.8. The Hall–Kier alpha value is -3.53. The van der Waals surface area contributed by atoms with Crippen molar-refractivity contribution in [3.8, 4) is 5.75 Å². The van der Waals surface area contributed by atoms with Crippen LogP contribution in [-0.2, 0) is 9.59 Å². The lowest BCUT2D eigenvalue weighted by Crippen LogP contribution is -2.36. The largest absolute Gasteiger partial charge is 0.508 e. The van der Waals surface area contributed by atoms with Crippen LogP contribution in [0.1, 0.15) is 16.1 Å². The number of furan rings is 1. The number of imide groups is 1. The first-order valence-electron chi connectivity index (χ1n) is 7.50. The molecule has 1 aromatic carbocycles. The number of thioether (sulfide) groups is 1. The number of carboxylic acid groups (broad SMARTS) is 1. The number of hydrogen-bond acceptors (Lipinski definition) is 7. The number of benzene rings is 1. The van der Waals surface area contributed by atoms with Crippen LogP contribution in [0.15, 0.2) is 45.9 Å². The Labute approximate surface area is 156 Å². The van der Waals surface area contributed by atoms with Gasteiger partial charge in [-0.25, -0.2) is 4.79 Å². The maximum Gasteiger partial charge on any atom is 0.337 e. The van der Waals surface area contributed by atoms with Gasteiger partial charge in [0.1, 0.15) is 18.1 Å². The van der Waals surface area contributed by atoms with E-state index in [1.54, 1.807) is 12.1 Å². The van der Waals surface area contributed by atoms with E-state index in [0.29, 0.717) is 17.5 Å². The summed E-state index contributed by atoms with van der Waals surface area (Å²) in [6, 6.07) is 6.62. The molecule has 0 atom stereocenters. The van der Waals surface area contributed by atoms with Gasteiger partial charge in [0.05, 0.1) is 22.4 Å². The summed E-state index contributed by atoms with van der Waals surface area (Å²) >= 11 is 0.670. The van der Waals surface area contributed by atoms with Crippen LogP contribution >= 0.6 is 11.8 Å². The van der Waals surface area contributed by atoms with E-state index in [9.17, 15) is 24.3 Å². The summed E-state index contributed by atoms with van der Waals surface area (Å²) in [7, 11) is 0. The number of phenols is 1. The Morgan fingerprint density at radius 2 is 2.04 bits per heavy atom. The van der Waals surface area contributed by atoms with E-state index in [4.69, 9.17) is 9.52 Å². The molecule has 1 aliphatic heterocycles. The molecule has 3 N–H and O–H groups in total. The molecule has 27 heavy (non-hydrogen) atoms. The molecule has 0 aliphatic carbocycles.